The Morgan fingerprint density at radius 1 is 1.29 bits per heavy atom. The molecule has 0 saturated carbocycles. The summed E-state index contributed by atoms with van der Waals surface area (Å²) in [6.45, 7) is 3.05. The third kappa shape index (κ3) is 4.14. The Bertz CT molecular complexity index is 1020. The summed E-state index contributed by atoms with van der Waals surface area (Å²) >= 11 is 1.69. The molecule has 2 aromatic heterocycles. The number of nitrogens with one attached hydrogen (secondary N) is 1. The molecule has 0 bridgehead atoms. The molecule has 1 amide bonds. The molecule has 2 saturated heterocycles. The van der Waals surface area contributed by atoms with E-state index >= 15 is 0 Å². The first kappa shape index (κ1) is 22.3. The van der Waals surface area contributed by atoms with Gasteiger partial charge in [0.2, 0.25) is 10.0 Å². The smallest absolute Gasteiger partial charge is 0.266 e. The molecule has 2 fully saturated rings. The highest BCUT2D eigenvalue weighted by Crippen LogP contribution is 2.37. The highest BCUT2D eigenvalue weighted by atomic mass is 32.2. The van der Waals surface area contributed by atoms with E-state index in [1.54, 1.807) is 16.8 Å². The third-order valence-corrected chi connectivity index (χ3v) is 10.0. The molecule has 31 heavy (non-hydrogen) atoms. The molecule has 0 radical (unpaired) electrons. The van der Waals surface area contributed by atoms with Crippen LogP contribution in [0.15, 0.2) is 29.8 Å². The number of amides is 1. The Labute approximate surface area is 186 Å². The maximum absolute atomic E-state index is 13.4. The number of aromatic nitrogens is 1. The number of carbonyl (C=O) groups is 1. The first-order valence-electron chi connectivity index (χ1n) is 10.4. The van der Waals surface area contributed by atoms with Crippen LogP contribution in [-0.4, -0.2) is 59.9 Å². The Hall–Kier alpha value is -1.85. The summed E-state index contributed by atoms with van der Waals surface area (Å²) in [4.78, 5) is 18.2. The third-order valence-electron chi connectivity index (χ3n) is 6.32. The van der Waals surface area contributed by atoms with Crippen LogP contribution in [0.5, 0.6) is 0 Å². The van der Waals surface area contributed by atoms with Crippen molar-refractivity contribution in [1.82, 2.24) is 14.8 Å². The molecule has 0 aliphatic carbocycles. The fourth-order valence-corrected chi connectivity index (χ4v) is 7.46. The molecular formula is C21H27N3O5S2. The van der Waals surface area contributed by atoms with E-state index in [1.807, 2.05) is 12.3 Å². The van der Waals surface area contributed by atoms with E-state index in [0.29, 0.717) is 25.9 Å². The lowest BCUT2D eigenvalue weighted by atomic mass is 9.94. The van der Waals surface area contributed by atoms with Crippen LogP contribution in [-0.2, 0) is 19.6 Å². The van der Waals surface area contributed by atoms with E-state index in [1.165, 1.54) is 14.7 Å². The molecule has 2 aliphatic rings. The van der Waals surface area contributed by atoms with Gasteiger partial charge in [0, 0.05) is 67.4 Å². The number of nitrogens with zero attached hydrogens (tertiary/aromatic N) is 2. The van der Waals surface area contributed by atoms with Crippen molar-refractivity contribution in [2.45, 2.75) is 43.3 Å². The second kappa shape index (κ2) is 8.95. The fraction of sp³-hybridized carbons (Fsp3) is 0.524. The van der Waals surface area contributed by atoms with Crippen molar-refractivity contribution in [3.8, 4) is 10.4 Å². The zero-order valence-electron chi connectivity index (χ0n) is 17.4. The van der Waals surface area contributed by atoms with E-state index in [-0.39, 0.29) is 32.0 Å². The van der Waals surface area contributed by atoms with Crippen LogP contribution in [0.4, 0.5) is 0 Å². The summed E-state index contributed by atoms with van der Waals surface area (Å²) in [5.74, 6) is -0.707. The van der Waals surface area contributed by atoms with Crippen molar-refractivity contribution in [2.75, 3.05) is 26.3 Å². The van der Waals surface area contributed by atoms with Gasteiger partial charge in [-0.15, -0.1) is 11.3 Å². The molecule has 8 nitrogen and oxygen atoms in total. The molecule has 0 spiro atoms. The van der Waals surface area contributed by atoms with E-state index in [4.69, 9.17) is 4.74 Å². The van der Waals surface area contributed by atoms with Crippen LogP contribution in [0.25, 0.3) is 10.4 Å². The minimum atomic E-state index is -3.94. The molecule has 4 rings (SSSR count). The second-order valence-corrected chi connectivity index (χ2v) is 11.3. The SMILES string of the molecule is Cc1csc(-c2ccc(C3CCN(S(=O)(=O)C4(C(=O)NO)CCOCC4)CC3)nc2)c1. The first-order valence-corrected chi connectivity index (χ1v) is 12.7. The van der Waals surface area contributed by atoms with Gasteiger partial charge in [0.1, 0.15) is 0 Å². The molecule has 2 N–H and O–H groups in total. The quantitative estimate of drug-likeness (QED) is 0.519. The number of pyridine rings is 1. The number of hydrogen-bond donors (Lipinski definition) is 2. The lowest BCUT2D eigenvalue weighted by Gasteiger charge is -2.40. The predicted octanol–water partition coefficient (Wildman–Crippen LogP) is 2.68. The maximum Gasteiger partial charge on any atom is 0.266 e. The van der Waals surface area contributed by atoms with Crippen LogP contribution in [0, 0.1) is 6.92 Å². The van der Waals surface area contributed by atoms with Gasteiger partial charge in [0.25, 0.3) is 5.91 Å². The minimum Gasteiger partial charge on any atom is -0.381 e. The lowest BCUT2D eigenvalue weighted by molar-refractivity contribution is -0.134. The molecule has 0 aromatic carbocycles. The summed E-state index contributed by atoms with van der Waals surface area (Å²) in [5, 5.41) is 11.3. The molecule has 10 heteroatoms. The minimum absolute atomic E-state index is 0.0346. The first-order chi connectivity index (χ1) is 14.9. The van der Waals surface area contributed by atoms with Crippen molar-refractivity contribution >= 4 is 27.3 Å². The molecule has 0 atom stereocenters. The fourth-order valence-electron chi connectivity index (χ4n) is 4.42. The second-order valence-electron chi connectivity index (χ2n) is 8.19. The Morgan fingerprint density at radius 3 is 2.55 bits per heavy atom. The topological polar surface area (TPSA) is 109 Å². The largest absolute Gasteiger partial charge is 0.381 e. The number of piperidine rings is 1. The van der Waals surface area contributed by atoms with Crippen molar-refractivity contribution in [3.63, 3.8) is 0 Å². The number of aryl methyl sites for hydroxylation is 1. The van der Waals surface area contributed by atoms with Crippen molar-refractivity contribution < 1.29 is 23.2 Å². The van der Waals surface area contributed by atoms with Gasteiger partial charge < -0.3 is 4.74 Å². The lowest BCUT2D eigenvalue weighted by Crippen LogP contribution is -2.60. The van der Waals surface area contributed by atoms with Crippen molar-refractivity contribution in [1.29, 1.82) is 0 Å². The number of rotatable bonds is 5. The summed E-state index contributed by atoms with van der Waals surface area (Å²) < 4.78 is 31.8. The standard InChI is InChI=1S/C21H27N3O5S2/c1-15-12-19(30-14-15)17-2-3-18(22-13-17)16-4-8-24(9-5-16)31(27,28)21(20(25)23-26)6-10-29-11-7-21/h2-3,12-14,16,26H,4-11H2,1H3,(H,23,25). The number of hydrogen-bond acceptors (Lipinski definition) is 7. The van der Waals surface area contributed by atoms with Crippen LogP contribution in [0.1, 0.15) is 42.9 Å². The molecule has 0 unspecified atom stereocenters. The van der Waals surface area contributed by atoms with Crippen LogP contribution in [0.2, 0.25) is 0 Å². The Kier molecular flexibility index (Phi) is 6.45. The zero-order chi connectivity index (χ0) is 22.1. The van der Waals surface area contributed by atoms with Gasteiger partial charge in [-0.25, -0.2) is 18.2 Å². The van der Waals surface area contributed by atoms with Gasteiger partial charge >= 0.3 is 0 Å². The van der Waals surface area contributed by atoms with Gasteiger partial charge in [0.05, 0.1) is 0 Å². The summed E-state index contributed by atoms with van der Waals surface area (Å²) in [7, 11) is -3.94. The van der Waals surface area contributed by atoms with Crippen molar-refractivity contribution in [3.05, 3.63) is 41.0 Å². The molecule has 2 aliphatic heterocycles. The zero-order valence-corrected chi connectivity index (χ0v) is 19.0. The number of carbonyl (C=O) groups excluding carboxylic acids is 1. The monoisotopic (exact) mass is 465 g/mol. The van der Waals surface area contributed by atoms with E-state index in [9.17, 15) is 18.4 Å². The number of thiophene rings is 1. The maximum atomic E-state index is 13.4. The predicted molar refractivity (Wildman–Crippen MR) is 117 cm³/mol. The highest BCUT2D eigenvalue weighted by molar-refractivity contribution is 7.91. The van der Waals surface area contributed by atoms with E-state index in [2.05, 4.69) is 29.4 Å². The van der Waals surface area contributed by atoms with E-state index < -0.39 is 20.7 Å². The molecule has 2 aromatic rings. The normalized spacial score (nSPS) is 20.5. The van der Waals surface area contributed by atoms with Gasteiger partial charge in [-0.3, -0.25) is 15.0 Å². The van der Waals surface area contributed by atoms with Gasteiger partial charge in [0.15, 0.2) is 4.75 Å². The summed E-state index contributed by atoms with van der Waals surface area (Å²) in [5.41, 5.74) is 4.84. The van der Waals surface area contributed by atoms with Crippen LogP contribution >= 0.6 is 11.3 Å². The highest BCUT2D eigenvalue weighted by Gasteiger charge is 2.54. The van der Waals surface area contributed by atoms with E-state index in [0.717, 1.165) is 11.3 Å². The average Bonchev–Trinajstić information content (AvgIpc) is 3.25. The van der Waals surface area contributed by atoms with Gasteiger partial charge in [-0.2, -0.15) is 0 Å². The number of sulfonamides is 1. The van der Waals surface area contributed by atoms with Gasteiger partial charge in [-0.05, 0) is 42.8 Å². The van der Waals surface area contributed by atoms with Crippen LogP contribution in [0.3, 0.4) is 0 Å². The molecule has 4 heterocycles. The number of hydroxylamine groups is 1. The average molecular weight is 466 g/mol. The van der Waals surface area contributed by atoms with Crippen LogP contribution < -0.4 is 5.48 Å². The summed E-state index contributed by atoms with van der Waals surface area (Å²) in [6, 6.07) is 6.23. The summed E-state index contributed by atoms with van der Waals surface area (Å²) in [6.07, 6.45) is 3.22. The Morgan fingerprint density at radius 2 is 2.00 bits per heavy atom. The molecular weight excluding hydrogens is 438 g/mol. The molecule has 168 valence electrons. The Balaban J connectivity index is 1.46. The number of ether oxygens (including phenoxy) is 1. The van der Waals surface area contributed by atoms with Crippen molar-refractivity contribution in [2.24, 2.45) is 0 Å². The van der Waals surface area contributed by atoms with Gasteiger partial charge in [-0.1, -0.05) is 6.07 Å².